The molecular weight excluding hydrogens is 366 g/mol. The van der Waals surface area contributed by atoms with Gasteiger partial charge < -0.3 is 10.4 Å². The average Bonchev–Trinajstić information content (AvgIpc) is 3.27. The second kappa shape index (κ2) is 7.23. The summed E-state index contributed by atoms with van der Waals surface area (Å²) in [5.41, 5.74) is 3.27. The number of rotatable bonds is 6. The number of aromatic nitrogens is 2. The van der Waals surface area contributed by atoms with Crippen LogP contribution in [0.15, 0.2) is 53.9 Å². The van der Waals surface area contributed by atoms with Crippen LogP contribution in [0.3, 0.4) is 0 Å². The number of para-hydroxylation sites is 1. The van der Waals surface area contributed by atoms with Crippen molar-refractivity contribution in [3.8, 4) is 0 Å². The number of nitrogens with one attached hydrogen (secondary N) is 1. The molecule has 0 aliphatic rings. The summed E-state index contributed by atoms with van der Waals surface area (Å²) in [6, 6.07) is 16.2. The molecule has 2 N–H and O–H groups in total. The van der Waals surface area contributed by atoms with Gasteiger partial charge in [-0.2, -0.15) is 0 Å². The number of aromatic carboxylic acids is 1. The first-order valence-electron chi connectivity index (χ1n) is 8.02. The van der Waals surface area contributed by atoms with E-state index < -0.39 is 5.97 Å². The number of nitrogens with zero attached hydrogens (tertiary/aromatic N) is 2. The lowest BCUT2D eigenvalue weighted by molar-refractivity contribution is 0.0691. The van der Waals surface area contributed by atoms with Gasteiger partial charge in [0, 0.05) is 17.5 Å². The van der Waals surface area contributed by atoms with Crippen LogP contribution in [0.2, 0.25) is 0 Å². The molecule has 0 bridgehead atoms. The Kier molecular flexibility index (Phi) is 4.64. The number of anilines is 1. The predicted molar refractivity (Wildman–Crippen MR) is 105 cm³/mol. The molecular formula is C19H15N3O2S2. The second-order valence-electron chi connectivity index (χ2n) is 5.73. The van der Waals surface area contributed by atoms with Crippen LogP contribution in [0.1, 0.15) is 26.1 Å². The largest absolute Gasteiger partial charge is 0.476 e. The molecule has 0 aliphatic carbocycles. The van der Waals surface area contributed by atoms with Crippen molar-refractivity contribution in [2.24, 2.45) is 0 Å². The molecule has 5 nitrogen and oxygen atoms in total. The van der Waals surface area contributed by atoms with Gasteiger partial charge in [-0.15, -0.1) is 22.7 Å². The number of carbonyl (C=O) groups is 1. The van der Waals surface area contributed by atoms with Gasteiger partial charge >= 0.3 is 5.97 Å². The van der Waals surface area contributed by atoms with Gasteiger partial charge in [0.05, 0.1) is 21.8 Å². The van der Waals surface area contributed by atoms with Gasteiger partial charge in [0.15, 0.2) is 5.69 Å². The van der Waals surface area contributed by atoms with Crippen LogP contribution in [0.25, 0.3) is 10.2 Å². The Labute approximate surface area is 158 Å². The van der Waals surface area contributed by atoms with Gasteiger partial charge in [0.1, 0.15) is 5.01 Å². The third-order valence-corrected chi connectivity index (χ3v) is 5.75. The molecule has 4 rings (SSSR count). The van der Waals surface area contributed by atoms with Crippen LogP contribution < -0.4 is 5.32 Å². The number of hydrogen-bond acceptors (Lipinski definition) is 6. The van der Waals surface area contributed by atoms with Crippen molar-refractivity contribution in [2.45, 2.75) is 13.0 Å². The zero-order chi connectivity index (χ0) is 17.9. The van der Waals surface area contributed by atoms with Crippen molar-refractivity contribution in [2.75, 3.05) is 5.32 Å². The zero-order valence-corrected chi connectivity index (χ0v) is 15.3. The lowest BCUT2D eigenvalue weighted by atomic mass is 10.1. The summed E-state index contributed by atoms with van der Waals surface area (Å²) in [7, 11) is 0. The Morgan fingerprint density at radius 1 is 1.04 bits per heavy atom. The number of hydrogen-bond donors (Lipinski definition) is 2. The minimum absolute atomic E-state index is 0.110. The zero-order valence-electron chi connectivity index (χ0n) is 13.7. The van der Waals surface area contributed by atoms with Crippen LogP contribution in [0.4, 0.5) is 5.69 Å². The first-order valence-corrected chi connectivity index (χ1v) is 9.72. The molecule has 2 aromatic heterocycles. The summed E-state index contributed by atoms with van der Waals surface area (Å²) < 4.78 is 1.20. The van der Waals surface area contributed by atoms with Gasteiger partial charge in [0.25, 0.3) is 0 Å². The maximum Gasteiger partial charge on any atom is 0.355 e. The van der Waals surface area contributed by atoms with E-state index in [1.807, 2.05) is 42.5 Å². The third kappa shape index (κ3) is 3.74. The monoisotopic (exact) mass is 381 g/mol. The van der Waals surface area contributed by atoms with Crippen molar-refractivity contribution >= 4 is 44.5 Å². The SMILES string of the molecule is O=C(O)c1csc(Cc2ccc(NCc3nc4ccccc4s3)cc2)n1. The molecule has 0 saturated carbocycles. The fraction of sp³-hybridized carbons (Fsp3) is 0.105. The first-order chi connectivity index (χ1) is 12.7. The Balaban J connectivity index is 1.38. The minimum atomic E-state index is -0.984. The Bertz CT molecular complexity index is 1020. The summed E-state index contributed by atoms with van der Waals surface area (Å²) in [4.78, 5) is 19.6. The number of carboxylic acids is 1. The number of carboxylic acid groups (broad SMARTS) is 1. The number of fused-ring (bicyclic) bond motifs is 1. The third-order valence-electron chi connectivity index (χ3n) is 3.86. The fourth-order valence-corrected chi connectivity index (χ4v) is 4.29. The highest BCUT2D eigenvalue weighted by atomic mass is 32.1. The smallest absolute Gasteiger partial charge is 0.355 e. The molecule has 0 unspecified atom stereocenters. The first kappa shape index (κ1) is 16.7. The molecule has 7 heteroatoms. The van der Waals surface area contributed by atoms with Crippen LogP contribution in [0, 0.1) is 0 Å². The van der Waals surface area contributed by atoms with Gasteiger partial charge in [-0.1, -0.05) is 24.3 Å². The van der Waals surface area contributed by atoms with E-state index in [1.165, 1.54) is 16.0 Å². The van der Waals surface area contributed by atoms with Crippen molar-refractivity contribution in [3.63, 3.8) is 0 Å². The molecule has 2 heterocycles. The Morgan fingerprint density at radius 3 is 2.58 bits per heavy atom. The van der Waals surface area contributed by atoms with Gasteiger partial charge in [-0.25, -0.2) is 14.8 Å². The van der Waals surface area contributed by atoms with Crippen molar-refractivity contribution < 1.29 is 9.90 Å². The van der Waals surface area contributed by atoms with Crippen molar-refractivity contribution in [1.29, 1.82) is 0 Å². The Hall–Kier alpha value is -2.77. The summed E-state index contributed by atoms with van der Waals surface area (Å²) in [5.74, 6) is -0.984. The molecule has 26 heavy (non-hydrogen) atoms. The lowest BCUT2D eigenvalue weighted by Crippen LogP contribution is -1.99. The molecule has 0 atom stereocenters. The molecule has 130 valence electrons. The number of thiazole rings is 2. The van der Waals surface area contributed by atoms with E-state index in [-0.39, 0.29) is 5.69 Å². The van der Waals surface area contributed by atoms with Gasteiger partial charge in [-0.05, 0) is 29.8 Å². The van der Waals surface area contributed by atoms with Crippen molar-refractivity contribution in [1.82, 2.24) is 9.97 Å². The highest BCUT2D eigenvalue weighted by molar-refractivity contribution is 7.18. The summed E-state index contributed by atoms with van der Waals surface area (Å²) in [6.45, 7) is 0.688. The normalized spacial score (nSPS) is 10.9. The van der Waals surface area contributed by atoms with Crippen LogP contribution in [-0.2, 0) is 13.0 Å². The van der Waals surface area contributed by atoms with E-state index >= 15 is 0 Å². The molecule has 0 aliphatic heterocycles. The molecule has 0 radical (unpaired) electrons. The summed E-state index contributed by atoms with van der Waals surface area (Å²) in [6.07, 6.45) is 0.635. The van der Waals surface area contributed by atoms with E-state index in [2.05, 4.69) is 21.4 Å². The fourth-order valence-electron chi connectivity index (χ4n) is 2.58. The van der Waals surface area contributed by atoms with Gasteiger partial charge in [0.2, 0.25) is 0 Å². The summed E-state index contributed by atoms with van der Waals surface area (Å²) in [5, 5.41) is 15.8. The molecule has 0 amide bonds. The average molecular weight is 381 g/mol. The van der Waals surface area contributed by atoms with E-state index in [0.29, 0.717) is 13.0 Å². The molecule has 2 aromatic carbocycles. The van der Waals surface area contributed by atoms with E-state index in [1.54, 1.807) is 16.7 Å². The second-order valence-corrected chi connectivity index (χ2v) is 7.79. The quantitative estimate of drug-likeness (QED) is 0.508. The molecule has 0 spiro atoms. The van der Waals surface area contributed by atoms with Crippen molar-refractivity contribution in [3.05, 3.63) is 75.2 Å². The van der Waals surface area contributed by atoms with E-state index in [9.17, 15) is 4.79 Å². The number of benzene rings is 2. The standard InChI is InChI=1S/C19H15N3O2S2/c23-19(24)15-11-25-17(22-15)9-12-5-7-13(8-6-12)20-10-18-21-14-3-1-2-4-16(14)26-18/h1-8,11,20H,9-10H2,(H,23,24). The highest BCUT2D eigenvalue weighted by Gasteiger charge is 2.09. The maximum atomic E-state index is 10.9. The molecule has 4 aromatic rings. The van der Waals surface area contributed by atoms with E-state index in [4.69, 9.17) is 5.11 Å². The van der Waals surface area contributed by atoms with Gasteiger partial charge in [-0.3, -0.25) is 0 Å². The highest BCUT2D eigenvalue weighted by Crippen LogP contribution is 2.23. The molecule has 0 saturated heterocycles. The van der Waals surface area contributed by atoms with E-state index in [0.717, 1.165) is 26.8 Å². The topological polar surface area (TPSA) is 75.1 Å². The molecule has 0 fully saturated rings. The maximum absolute atomic E-state index is 10.9. The predicted octanol–water partition coefficient (Wildman–Crippen LogP) is 4.65. The minimum Gasteiger partial charge on any atom is -0.476 e. The van der Waals surface area contributed by atoms with Crippen LogP contribution in [0.5, 0.6) is 0 Å². The van der Waals surface area contributed by atoms with Crippen LogP contribution in [-0.4, -0.2) is 21.0 Å². The summed E-state index contributed by atoms with van der Waals surface area (Å²) >= 11 is 3.07. The van der Waals surface area contributed by atoms with Crippen LogP contribution >= 0.6 is 22.7 Å². The Morgan fingerprint density at radius 2 is 1.85 bits per heavy atom. The lowest BCUT2D eigenvalue weighted by Gasteiger charge is -2.05.